The maximum Gasteiger partial charge on any atom is 0.272 e. The third-order valence-electron chi connectivity index (χ3n) is 3.62. The normalized spacial score (nSPS) is 16.0. The van der Waals surface area contributed by atoms with E-state index in [2.05, 4.69) is 10.3 Å². The molecule has 1 saturated heterocycles. The summed E-state index contributed by atoms with van der Waals surface area (Å²) in [6.45, 7) is 7.33. The van der Waals surface area contributed by atoms with Gasteiger partial charge in [0.25, 0.3) is 11.8 Å². The smallest absolute Gasteiger partial charge is 0.272 e. The quantitative estimate of drug-likeness (QED) is 0.913. The number of aromatic nitrogens is 1. The second-order valence-corrected chi connectivity index (χ2v) is 6.84. The number of nitrogens with one attached hydrogen (secondary N) is 1. The summed E-state index contributed by atoms with van der Waals surface area (Å²) in [6.07, 6.45) is 5.95. The van der Waals surface area contributed by atoms with E-state index in [0.717, 1.165) is 25.9 Å². The Balaban J connectivity index is 2.13. The van der Waals surface area contributed by atoms with Gasteiger partial charge in [-0.3, -0.25) is 14.6 Å². The molecule has 0 atom stereocenters. The number of carbonyl (C=O) groups is 2. The summed E-state index contributed by atoms with van der Waals surface area (Å²) in [5, 5.41) is 2.90. The van der Waals surface area contributed by atoms with Crippen molar-refractivity contribution < 1.29 is 9.59 Å². The van der Waals surface area contributed by atoms with Gasteiger partial charge in [-0.1, -0.05) is 12.8 Å². The van der Waals surface area contributed by atoms with Crippen LogP contribution in [0.3, 0.4) is 0 Å². The topological polar surface area (TPSA) is 62.3 Å². The Morgan fingerprint density at radius 2 is 1.77 bits per heavy atom. The molecule has 0 aromatic carbocycles. The Hall–Kier alpha value is -1.91. The molecule has 0 saturated carbocycles. The van der Waals surface area contributed by atoms with Crippen LogP contribution in [-0.4, -0.2) is 40.3 Å². The number of nitrogens with zero attached hydrogens (tertiary/aromatic N) is 2. The van der Waals surface area contributed by atoms with Crippen LogP contribution in [0, 0.1) is 0 Å². The summed E-state index contributed by atoms with van der Waals surface area (Å²) in [5.41, 5.74) is 0.515. The van der Waals surface area contributed by atoms with Gasteiger partial charge < -0.3 is 10.2 Å². The van der Waals surface area contributed by atoms with Crippen molar-refractivity contribution in [2.45, 2.75) is 52.0 Å². The highest BCUT2D eigenvalue weighted by atomic mass is 16.2. The second-order valence-electron chi connectivity index (χ2n) is 6.84. The molecule has 1 aliphatic rings. The van der Waals surface area contributed by atoms with E-state index in [4.69, 9.17) is 0 Å². The predicted molar refractivity (Wildman–Crippen MR) is 85.8 cm³/mol. The molecule has 22 heavy (non-hydrogen) atoms. The maximum atomic E-state index is 12.5. The van der Waals surface area contributed by atoms with E-state index in [0.29, 0.717) is 11.3 Å². The molecule has 5 nitrogen and oxygen atoms in total. The van der Waals surface area contributed by atoms with Gasteiger partial charge in [0, 0.05) is 30.4 Å². The van der Waals surface area contributed by atoms with Crippen LogP contribution < -0.4 is 5.32 Å². The van der Waals surface area contributed by atoms with Crippen molar-refractivity contribution in [3.63, 3.8) is 0 Å². The van der Waals surface area contributed by atoms with E-state index in [-0.39, 0.29) is 17.4 Å². The number of hydrogen-bond donors (Lipinski definition) is 1. The van der Waals surface area contributed by atoms with Crippen molar-refractivity contribution >= 4 is 11.8 Å². The molecule has 0 bridgehead atoms. The molecule has 1 aliphatic heterocycles. The summed E-state index contributed by atoms with van der Waals surface area (Å²) in [6, 6.07) is 3.23. The molecule has 0 aliphatic carbocycles. The maximum absolute atomic E-state index is 12.5. The van der Waals surface area contributed by atoms with E-state index in [1.165, 1.54) is 19.0 Å². The highest BCUT2D eigenvalue weighted by molar-refractivity contribution is 5.98. The van der Waals surface area contributed by atoms with E-state index in [9.17, 15) is 9.59 Å². The van der Waals surface area contributed by atoms with Gasteiger partial charge in [-0.05, 0) is 45.7 Å². The minimum absolute atomic E-state index is 0.0766. The molecule has 0 unspecified atom stereocenters. The van der Waals surface area contributed by atoms with Crippen LogP contribution in [0.4, 0.5) is 0 Å². The van der Waals surface area contributed by atoms with Crippen molar-refractivity contribution in [1.82, 2.24) is 15.2 Å². The molecule has 1 N–H and O–H groups in total. The average Bonchev–Trinajstić information content (AvgIpc) is 2.74. The minimum Gasteiger partial charge on any atom is -0.347 e. The molecule has 120 valence electrons. The van der Waals surface area contributed by atoms with Crippen LogP contribution in [0.25, 0.3) is 0 Å². The molecule has 1 fully saturated rings. The molecule has 0 spiro atoms. The monoisotopic (exact) mass is 303 g/mol. The first-order valence-corrected chi connectivity index (χ1v) is 7.95. The fourth-order valence-electron chi connectivity index (χ4n) is 2.54. The summed E-state index contributed by atoms with van der Waals surface area (Å²) in [4.78, 5) is 30.7. The van der Waals surface area contributed by atoms with Gasteiger partial charge in [-0.15, -0.1) is 0 Å². The standard InChI is InChI=1S/C17H25N3O2/c1-17(2,3)19-15(21)13-8-9-18-14(12-13)16(22)20-10-6-4-5-7-11-20/h8-9,12H,4-7,10-11H2,1-3H3,(H,19,21). The van der Waals surface area contributed by atoms with Gasteiger partial charge in [0.2, 0.25) is 0 Å². The van der Waals surface area contributed by atoms with Crippen molar-refractivity contribution in [2.75, 3.05) is 13.1 Å². The molecule has 2 rings (SSSR count). The van der Waals surface area contributed by atoms with Gasteiger partial charge in [-0.2, -0.15) is 0 Å². The summed E-state index contributed by atoms with van der Waals surface area (Å²) < 4.78 is 0. The zero-order chi connectivity index (χ0) is 16.2. The fraction of sp³-hybridized carbons (Fsp3) is 0.588. The second kappa shape index (κ2) is 6.90. The SMILES string of the molecule is CC(C)(C)NC(=O)c1ccnc(C(=O)N2CCCCCC2)c1. The zero-order valence-corrected chi connectivity index (χ0v) is 13.7. The lowest BCUT2D eigenvalue weighted by molar-refractivity contribution is 0.0756. The lowest BCUT2D eigenvalue weighted by Gasteiger charge is -2.21. The number of hydrogen-bond acceptors (Lipinski definition) is 3. The Morgan fingerprint density at radius 3 is 2.36 bits per heavy atom. The fourth-order valence-corrected chi connectivity index (χ4v) is 2.54. The van der Waals surface area contributed by atoms with Crippen molar-refractivity contribution in [3.8, 4) is 0 Å². The van der Waals surface area contributed by atoms with Crippen LogP contribution >= 0.6 is 0 Å². The average molecular weight is 303 g/mol. The Kier molecular flexibility index (Phi) is 5.16. The van der Waals surface area contributed by atoms with Crippen LogP contribution in [0.5, 0.6) is 0 Å². The van der Waals surface area contributed by atoms with Crippen molar-refractivity contribution in [2.24, 2.45) is 0 Å². The molecule has 5 heteroatoms. The van der Waals surface area contributed by atoms with Crippen LogP contribution in [-0.2, 0) is 0 Å². The van der Waals surface area contributed by atoms with E-state index in [1.807, 2.05) is 25.7 Å². The molecule has 1 aromatic heterocycles. The third kappa shape index (κ3) is 4.55. The summed E-state index contributed by atoms with van der Waals surface area (Å²) >= 11 is 0. The number of pyridine rings is 1. The molecule has 2 heterocycles. The Morgan fingerprint density at radius 1 is 1.14 bits per heavy atom. The first-order chi connectivity index (χ1) is 10.4. The van der Waals surface area contributed by atoms with Crippen molar-refractivity contribution in [3.05, 3.63) is 29.6 Å². The highest BCUT2D eigenvalue weighted by Crippen LogP contribution is 2.13. The Labute approximate surface area is 132 Å². The molecular formula is C17H25N3O2. The summed E-state index contributed by atoms with van der Waals surface area (Å²) in [7, 11) is 0. The van der Waals surface area contributed by atoms with Gasteiger partial charge >= 0.3 is 0 Å². The van der Waals surface area contributed by atoms with Gasteiger partial charge in [0.1, 0.15) is 5.69 Å². The number of rotatable bonds is 2. The third-order valence-corrected chi connectivity index (χ3v) is 3.62. The largest absolute Gasteiger partial charge is 0.347 e. The lowest BCUT2D eigenvalue weighted by Crippen LogP contribution is -2.40. The number of likely N-dealkylation sites (tertiary alicyclic amines) is 1. The highest BCUT2D eigenvalue weighted by Gasteiger charge is 2.21. The zero-order valence-electron chi connectivity index (χ0n) is 13.7. The molecule has 0 radical (unpaired) electrons. The molecular weight excluding hydrogens is 278 g/mol. The minimum atomic E-state index is -0.310. The Bertz CT molecular complexity index is 541. The van der Waals surface area contributed by atoms with Gasteiger partial charge in [-0.25, -0.2) is 0 Å². The first kappa shape index (κ1) is 16.5. The van der Waals surface area contributed by atoms with Crippen LogP contribution in [0.15, 0.2) is 18.3 Å². The predicted octanol–water partition coefficient (Wildman–Crippen LogP) is 2.63. The van der Waals surface area contributed by atoms with Crippen LogP contribution in [0.2, 0.25) is 0 Å². The molecule has 2 amide bonds. The van der Waals surface area contributed by atoms with Crippen LogP contribution in [0.1, 0.15) is 67.3 Å². The molecule has 1 aromatic rings. The van der Waals surface area contributed by atoms with Gasteiger partial charge in [0.05, 0.1) is 0 Å². The van der Waals surface area contributed by atoms with Gasteiger partial charge in [0.15, 0.2) is 0 Å². The summed E-state index contributed by atoms with van der Waals surface area (Å²) in [5.74, 6) is -0.257. The van der Waals surface area contributed by atoms with E-state index in [1.54, 1.807) is 12.1 Å². The van der Waals surface area contributed by atoms with E-state index >= 15 is 0 Å². The number of amides is 2. The van der Waals surface area contributed by atoms with E-state index < -0.39 is 0 Å². The van der Waals surface area contributed by atoms with Crippen molar-refractivity contribution in [1.29, 1.82) is 0 Å². The first-order valence-electron chi connectivity index (χ1n) is 7.95. The number of carbonyl (C=O) groups excluding carboxylic acids is 2. The lowest BCUT2D eigenvalue weighted by atomic mass is 10.1.